The molecule has 10 heteroatoms. The molecule has 0 amide bonds. The minimum Gasteiger partial charge on any atom is -0.281 e. The molecule has 0 unspecified atom stereocenters. The number of thioether (sulfide) groups is 1. The van der Waals surface area contributed by atoms with Gasteiger partial charge in [0.25, 0.3) is 5.56 Å². The van der Waals surface area contributed by atoms with Crippen LogP contribution in [0.15, 0.2) is 15.8 Å². The lowest BCUT2D eigenvalue weighted by molar-refractivity contribution is 0.172. The number of aromatic amines is 1. The van der Waals surface area contributed by atoms with Gasteiger partial charge in [-0.2, -0.15) is 26.3 Å². The van der Waals surface area contributed by atoms with E-state index in [0.717, 1.165) is 29.2 Å². The molecule has 0 spiro atoms. The molecule has 4 rings (SSSR count). The minimum absolute atomic E-state index is 0.0958. The van der Waals surface area contributed by atoms with Crippen LogP contribution in [-0.2, 0) is 28.7 Å². The van der Waals surface area contributed by atoms with Crippen LogP contribution in [0.3, 0.4) is 0 Å². The number of sulfonamides is 1. The number of hydrogen-bond acceptors (Lipinski definition) is 6. The summed E-state index contributed by atoms with van der Waals surface area (Å²) in [4.78, 5) is 12.5. The first-order chi connectivity index (χ1) is 12.4. The van der Waals surface area contributed by atoms with Gasteiger partial charge in [-0.05, 0) is 25.2 Å². The number of nitrogens with one attached hydrogen (secondary N) is 1. The minimum atomic E-state index is -3.54. The summed E-state index contributed by atoms with van der Waals surface area (Å²) in [7, 11) is -3.54. The summed E-state index contributed by atoms with van der Waals surface area (Å²) in [5.41, 5.74) is 2.96. The topological polar surface area (TPSA) is 101 Å². The van der Waals surface area contributed by atoms with E-state index in [1.165, 1.54) is 8.99 Å². The highest BCUT2D eigenvalue weighted by Crippen LogP contribution is 2.29. The molecule has 1 N–H and O–H groups in total. The van der Waals surface area contributed by atoms with E-state index in [1.54, 1.807) is 19.9 Å². The van der Waals surface area contributed by atoms with E-state index < -0.39 is 10.0 Å². The van der Waals surface area contributed by atoms with Crippen LogP contribution < -0.4 is 5.56 Å². The zero-order chi connectivity index (χ0) is 18.5. The first-order valence-electron chi connectivity index (χ1n) is 8.55. The van der Waals surface area contributed by atoms with E-state index in [1.807, 2.05) is 11.8 Å². The number of fused-ring (bicyclic) bond motifs is 1. The van der Waals surface area contributed by atoms with Crippen molar-refractivity contribution < 1.29 is 8.42 Å². The van der Waals surface area contributed by atoms with Crippen LogP contribution in [0.4, 0.5) is 0 Å². The van der Waals surface area contributed by atoms with Gasteiger partial charge in [-0.25, -0.2) is 13.1 Å². The molecule has 26 heavy (non-hydrogen) atoms. The molecule has 4 heterocycles. The Morgan fingerprint density at radius 1 is 1.35 bits per heavy atom. The number of aryl methyl sites for hydroxylation is 3. The zero-order valence-electron chi connectivity index (χ0n) is 14.7. The molecule has 8 nitrogen and oxygen atoms in total. The first kappa shape index (κ1) is 17.7. The largest absolute Gasteiger partial charge is 0.281 e. The van der Waals surface area contributed by atoms with Crippen molar-refractivity contribution in [3.05, 3.63) is 39.1 Å². The maximum absolute atomic E-state index is 12.8. The maximum atomic E-state index is 12.8. The fourth-order valence-corrected chi connectivity index (χ4v) is 6.39. The van der Waals surface area contributed by atoms with Crippen molar-refractivity contribution in [3.8, 4) is 0 Å². The second-order valence-corrected chi connectivity index (χ2v) is 9.87. The Balaban J connectivity index is 1.47. The Kier molecular flexibility index (Phi) is 4.44. The zero-order valence-corrected chi connectivity index (χ0v) is 16.4. The number of aromatic nitrogens is 4. The van der Waals surface area contributed by atoms with E-state index in [0.29, 0.717) is 31.0 Å². The molecule has 0 aliphatic carbocycles. The summed E-state index contributed by atoms with van der Waals surface area (Å²) in [6.45, 7) is 4.64. The Labute approximate surface area is 156 Å². The van der Waals surface area contributed by atoms with E-state index in [4.69, 9.17) is 0 Å². The molecular weight excluding hydrogens is 374 g/mol. The Morgan fingerprint density at radius 2 is 2.12 bits per heavy atom. The van der Waals surface area contributed by atoms with Crippen LogP contribution >= 0.6 is 11.8 Å². The number of nitrogens with zero attached hydrogens (tertiary/aromatic N) is 4. The summed E-state index contributed by atoms with van der Waals surface area (Å²) >= 11 is 1.82. The smallest absolute Gasteiger partial charge is 0.267 e. The van der Waals surface area contributed by atoms with Gasteiger partial charge < -0.3 is 0 Å². The lowest BCUT2D eigenvalue weighted by Gasteiger charge is -2.38. The molecule has 2 aromatic heterocycles. The first-order valence-corrected chi connectivity index (χ1v) is 11.1. The van der Waals surface area contributed by atoms with Crippen molar-refractivity contribution in [1.82, 2.24) is 24.3 Å². The van der Waals surface area contributed by atoms with Crippen LogP contribution in [0.1, 0.15) is 22.6 Å². The van der Waals surface area contributed by atoms with Crippen molar-refractivity contribution in [1.29, 1.82) is 0 Å². The van der Waals surface area contributed by atoms with Crippen molar-refractivity contribution in [3.63, 3.8) is 0 Å². The Bertz CT molecular complexity index is 986. The van der Waals surface area contributed by atoms with Gasteiger partial charge in [0.1, 0.15) is 4.90 Å². The average molecular weight is 396 g/mol. The average Bonchev–Trinajstić information content (AvgIpc) is 2.90. The highest BCUT2D eigenvalue weighted by Gasteiger charge is 2.39. The molecule has 140 valence electrons. The quantitative estimate of drug-likeness (QED) is 0.818. The summed E-state index contributed by atoms with van der Waals surface area (Å²) in [5.74, 6) is 1.97. The van der Waals surface area contributed by atoms with Gasteiger partial charge in [0.15, 0.2) is 0 Å². The molecule has 0 saturated carbocycles. The third-order valence-corrected chi connectivity index (χ3v) is 8.02. The highest BCUT2D eigenvalue weighted by atomic mass is 32.2. The third kappa shape index (κ3) is 2.99. The van der Waals surface area contributed by atoms with Crippen molar-refractivity contribution in [2.45, 2.75) is 37.5 Å². The van der Waals surface area contributed by atoms with Gasteiger partial charge in [-0.15, -0.1) is 0 Å². The van der Waals surface area contributed by atoms with Crippen LogP contribution in [0.5, 0.6) is 0 Å². The monoisotopic (exact) mass is 395 g/mol. The molecular formula is C16H21N5O3S2. The molecule has 1 fully saturated rings. The van der Waals surface area contributed by atoms with Crippen molar-refractivity contribution >= 4 is 21.8 Å². The number of hydrogen-bond donors (Lipinski definition) is 1. The molecule has 2 aliphatic heterocycles. The van der Waals surface area contributed by atoms with Crippen LogP contribution in [0.2, 0.25) is 0 Å². The number of H-pyrrole nitrogens is 1. The molecule has 1 saturated heterocycles. The van der Waals surface area contributed by atoms with Crippen LogP contribution in [0, 0.1) is 19.8 Å². The molecule has 0 aromatic carbocycles. The molecule has 0 bridgehead atoms. The van der Waals surface area contributed by atoms with Gasteiger partial charge in [-0.3, -0.25) is 9.89 Å². The summed E-state index contributed by atoms with van der Waals surface area (Å²) in [6, 6.07) is 1.68. The van der Waals surface area contributed by atoms with Crippen LogP contribution in [0.25, 0.3) is 0 Å². The molecule has 0 atom stereocenters. The SMILES string of the molecule is Cc1n[nH]c(C)c1S(=O)(=O)N1CC(Cn2nc3c(cc2=O)CSCC3)C1. The highest BCUT2D eigenvalue weighted by molar-refractivity contribution is 7.98. The van der Waals surface area contributed by atoms with Crippen molar-refractivity contribution in [2.75, 3.05) is 18.8 Å². The van der Waals surface area contributed by atoms with Gasteiger partial charge in [-0.1, -0.05) is 0 Å². The van der Waals surface area contributed by atoms with E-state index >= 15 is 0 Å². The Hall–Kier alpha value is -1.65. The van der Waals surface area contributed by atoms with Gasteiger partial charge >= 0.3 is 0 Å². The van der Waals surface area contributed by atoms with Gasteiger partial charge in [0.2, 0.25) is 10.0 Å². The molecule has 0 radical (unpaired) electrons. The summed E-state index contributed by atoms with van der Waals surface area (Å²) in [6.07, 6.45) is 0.879. The second kappa shape index (κ2) is 6.50. The maximum Gasteiger partial charge on any atom is 0.267 e. The molecule has 2 aliphatic rings. The van der Waals surface area contributed by atoms with Crippen LogP contribution in [-0.4, -0.2) is 51.5 Å². The molecule has 2 aromatic rings. The lowest BCUT2D eigenvalue weighted by atomic mass is 10.0. The van der Waals surface area contributed by atoms with Crippen molar-refractivity contribution in [2.24, 2.45) is 5.92 Å². The standard InChI is InChI=1S/C16H21N5O3S2/c1-10-16(11(2)18-17-10)26(23,24)20-6-12(7-20)8-21-15(22)5-13-9-25-4-3-14(13)19-21/h5,12H,3-4,6-9H2,1-2H3,(H,17,18). The van der Waals surface area contributed by atoms with E-state index in [-0.39, 0.29) is 16.4 Å². The second-order valence-electron chi connectivity index (χ2n) is 6.89. The normalized spacial score (nSPS) is 18.5. The summed E-state index contributed by atoms with van der Waals surface area (Å²) < 4.78 is 28.5. The predicted molar refractivity (Wildman–Crippen MR) is 98.7 cm³/mol. The van der Waals surface area contributed by atoms with Gasteiger partial charge in [0.05, 0.1) is 23.6 Å². The van der Waals surface area contributed by atoms with E-state index in [2.05, 4.69) is 15.3 Å². The van der Waals surface area contributed by atoms with E-state index in [9.17, 15) is 13.2 Å². The Morgan fingerprint density at radius 3 is 2.81 bits per heavy atom. The summed E-state index contributed by atoms with van der Waals surface area (Å²) in [5, 5.41) is 11.2. The lowest BCUT2D eigenvalue weighted by Crippen LogP contribution is -2.52. The fourth-order valence-electron chi connectivity index (χ4n) is 3.51. The number of rotatable bonds is 4. The van der Waals surface area contributed by atoms with Gasteiger partial charge in [0, 0.05) is 37.2 Å². The third-order valence-electron chi connectivity index (χ3n) is 4.92. The predicted octanol–water partition coefficient (Wildman–Crippen LogP) is 0.693. The fraction of sp³-hybridized carbons (Fsp3) is 0.562.